The smallest absolute Gasteiger partial charge is 0.142 e. The number of fused-ring (bicyclic) bond motifs is 1. The summed E-state index contributed by atoms with van der Waals surface area (Å²) in [6.07, 6.45) is 1.57. The standard InChI is InChI=1S/C18H14IN5/c1-12-10-17(24(23-12)14-8-6-13(19)7-9-14)22-18-15-4-2-3-5-16(15)20-11-21-18/h2-11H,1H3,(H,20,21,22). The fraction of sp³-hybridized carbons (Fsp3) is 0.0556. The molecular formula is C18H14IN5. The van der Waals surface area contributed by atoms with Gasteiger partial charge in [0.05, 0.1) is 16.9 Å². The second-order valence-electron chi connectivity index (χ2n) is 5.42. The lowest BCUT2D eigenvalue weighted by molar-refractivity contribution is 0.868. The molecule has 0 saturated heterocycles. The van der Waals surface area contributed by atoms with Crippen molar-refractivity contribution >= 4 is 45.1 Å². The first-order valence-electron chi connectivity index (χ1n) is 7.50. The first-order valence-corrected chi connectivity index (χ1v) is 8.58. The molecule has 2 aromatic heterocycles. The molecule has 0 aliphatic heterocycles. The molecule has 5 nitrogen and oxygen atoms in total. The van der Waals surface area contributed by atoms with E-state index in [1.54, 1.807) is 6.33 Å². The maximum Gasteiger partial charge on any atom is 0.142 e. The van der Waals surface area contributed by atoms with Gasteiger partial charge in [0.15, 0.2) is 0 Å². The third-order valence-corrected chi connectivity index (χ3v) is 4.41. The number of aryl methyl sites for hydroxylation is 1. The van der Waals surface area contributed by atoms with E-state index in [4.69, 9.17) is 0 Å². The minimum atomic E-state index is 0.771. The number of nitrogens with one attached hydrogen (secondary N) is 1. The molecule has 0 saturated carbocycles. The normalized spacial score (nSPS) is 10.9. The predicted molar refractivity (Wildman–Crippen MR) is 104 cm³/mol. The van der Waals surface area contributed by atoms with Crippen LogP contribution in [0.25, 0.3) is 16.6 Å². The highest BCUT2D eigenvalue weighted by Crippen LogP contribution is 2.25. The van der Waals surface area contributed by atoms with Crippen LogP contribution < -0.4 is 5.32 Å². The van der Waals surface area contributed by atoms with E-state index in [0.29, 0.717) is 0 Å². The number of hydrogen-bond donors (Lipinski definition) is 1. The van der Waals surface area contributed by atoms with Crippen LogP contribution in [-0.2, 0) is 0 Å². The van der Waals surface area contributed by atoms with Gasteiger partial charge in [0.2, 0.25) is 0 Å². The molecule has 0 unspecified atom stereocenters. The fourth-order valence-electron chi connectivity index (χ4n) is 2.59. The van der Waals surface area contributed by atoms with Gasteiger partial charge in [-0.3, -0.25) is 0 Å². The number of aromatic nitrogens is 4. The molecule has 1 N–H and O–H groups in total. The average Bonchev–Trinajstić information content (AvgIpc) is 2.96. The Bertz CT molecular complexity index is 1000. The van der Waals surface area contributed by atoms with E-state index in [2.05, 4.69) is 67.2 Å². The SMILES string of the molecule is Cc1cc(Nc2ncnc3ccccc23)n(-c2ccc(I)cc2)n1. The number of nitrogens with zero attached hydrogens (tertiary/aromatic N) is 4. The van der Waals surface area contributed by atoms with Crippen LogP contribution in [0.1, 0.15) is 5.69 Å². The molecule has 0 amide bonds. The van der Waals surface area contributed by atoms with Gasteiger partial charge >= 0.3 is 0 Å². The van der Waals surface area contributed by atoms with Crippen LogP contribution >= 0.6 is 22.6 Å². The van der Waals surface area contributed by atoms with Gasteiger partial charge < -0.3 is 5.32 Å². The van der Waals surface area contributed by atoms with Crippen LogP contribution in [0.3, 0.4) is 0 Å². The average molecular weight is 427 g/mol. The second-order valence-corrected chi connectivity index (χ2v) is 6.67. The summed E-state index contributed by atoms with van der Waals surface area (Å²) in [6.45, 7) is 1.98. The van der Waals surface area contributed by atoms with E-state index in [0.717, 1.165) is 33.9 Å². The second kappa shape index (κ2) is 6.20. The van der Waals surface area contributed by atoms with Crippen LogP contribution in [-0.4, -0.2) is 19.7 Å². The summed E-state index contributed by atoms with van der Waals surface area (Å²) in [5, 5.41) is 8.97. The summed E-state index contributed by atoms with van der Waals surface area (Å²) in [5.74, 6) is 1.64. The van der Waals surface area contributed by atoms with Crippen molar-refractivity contribution in [2.75, 3.05) is 5.32 Å². The molecule has 4 rings (SSSR count). The third-order valence-electron chi connectivity index (χ3n) is 3.69. The maximum absolute atomic E-state index is 4.60. The number of benzene rings is 2. The lowest BCUT2D eigenvalue weighted by atomic mass is 10.2. The maximum atomic E-state index is 4.60. The van der Waals surface area contributed by atoms with Gasteiger partial charge in [-0.15, -0.1) is 0 Å². The topological polar surface area (TPSA) is 55.6 Å². The molecule has 0 spiro atoms. The van der Waals surface area contributed by atoms with Crippen molar-refractivity contribution in [3.8, 4) is 5.69 Å². The van der Waals surface area contributed by atoms with Crippen LogP contribution in [0.4, 0.5) is 11.6 Å². The largest absolute Gasteiger partial charge is 0.324 e. The highest BCUT2D eigenvalue weighted by atomic mass is 127. The molecule has 4 aromatic rings. The Balaban J connectivity index is 1.79. The van der Waals surface area contributed by atoms with E-state index in [-0.39, 0.29) is 0 Å². The van der Waals surface area contributed by atoms with Crippen LogP contribution in [0.5, 0.6) is 0 Å². The quantitative estimate of drug-likeness (QED) is 0.491. The van der Waals surface area contributed by atoms with Gasteiger partial charge in [0, 0.05) is 15.0 Å². The molecular weight excluding hydrogens is 413 g/mol. The van der Waals surface area contributed by atoms with Gasteiger partial charge in [-0.05, 0) is 65.9 Å². The lowest BCUT2D eigenvalue weighted by Crippen LogP contribution is -2.04. The highest BCUT2D eigenvalue weighted by molar-refractivity contribution is 14.1. The van der Waals surface area contributed by atoms with E-state index in [9.17, 15) is 0 Å². The molecule has 24 heavy (non-hydrogen) atoms. The molecule has 0 bridgehead atoms. The van der Waals surface area contributed by atoms with Gasteiger partial charge in [-0.25, -0.2) is 14.6 Å². The third kappa shape index (κ3) is 2.84. The zero-order valence-corrected chi connectivity index (χ0v) is 15.1. The number of halogens is 1. The van der Waals surface area contributed by atoms with E-state index in [1.165, 1.54) is 3.57 Å². The van der Waals surface area contributed by atoms with Crippen LogP contribution in [0, 0.1) is 10.5 Å². The van der Waals surface area contributed by atoms with Gasteiger partial charge in [-0.1, -0.05) is 12.1 Å². The molecule has 0 aliphatic rings. The van der Waals surface area contributed by atoms with E-state index < -0.39 is 0 Å². The number of rotatable bonds is 3. The Morgan fingerprint density at radius 2 is 1.79 bits per heavy atom. The summed E-state index contributed by atoms with van der Waals surface area (Å²) in [4.78, 5) is 8.70. The zero-order chi connectivity index (χ0) is 16.5. The Hall–Kier alpha value is -2.48. The molecule has 2 aromatic carbocycles. The molecule has 2 heterocycles. The van der Waals surface area contributed by atoms with Gasteiger partial charge in [-0.2, -0.15) is 5.10 Å². The van der Waals surface area contributed by atoms with Crippen molar-refractivity contribution < 1.29 is 0 Å². The monoisotopic (exact) mass is 427 g/mol. The fourth-order valence-corrected chi connectivity index (χ4v) is 2.95. The number of hydrogen-bond acceptors (Lipinski definition) is 4. The Kier molecular flexibility index (Phi) is 3.89. The molecule has 0 atom stereocenters. The molecule has 0 aliphatic carbocycles. The number of para-hydroxylation sites is 1. The van der Waals surface area contributed by atoms with Crippen molar-refractivity contribution in [2.45, 2.75) is 6.92 Å². The summed E-state index contributed by atoms with van der Waals surface area (Å²) < 4.78 is 3.08. The van der Waals surface area contributed by atoms with Gasteiger partial charge in [0.25, 0.3) is 0 Å². The van der Waals surface area contributed by atoms with Crippen LogP contribution in [0.15, 0.2) is 60.9 Å². The summed E-state index contributed by atoms with van der Waals surface area (Å²) in [7, 11) is 0. The summed E-state index contributed by atoms with van der Waals surface area (Å²) in [6, 6.07) is 18.2. The molecule has 0 fully saturated rings. The Morgan fingerprint density at radius 3 is 2.62 bits per heavy atom. The zero-order valence-electron chi connectivity index (χ0n) is 12.9. The first-order chi connectivity index (χ1) is 11.7. The minimum absolute atomic E-state index is 0.771. The Labute approximate surface area is 152 Å². The minimum Gasteiger partial charge on any atom is -0.324 e. The molecule has 118 valence electrons. The van der Waals surface area contributed by atoms with Crippen molar-refractivity contribution in [3.63, 3.8) is 0 Å². The lowest BCUT2D eigenvalue weighted by Gasteiger charge is -2.11. The van der Waals surface area contributed by atoms with Crippen molar-refractivity contribution in [1.82, 2.24) is 19.7 Å². The Morgan fingerprint density at radius 1 is 1.00 bits per heavy atom. The number of anilines is 2. The first kappa shape index (κ1) is 15.1. The van der Waals surface area contributed by atoms with Crippen molar-refractivity contribution in [2.24, 2.45) is 0 Å². The summed E-state index contributed by atoms with van der Waals surface area (Å²) >= 11 is 2.30. The molecule has 0 radical (unpaired) electrons. The summed E-state index contributed by atoms with van der Waals surface area (Å²) in [5.41, 5.74) is 2.85. The molecule has 6 heteroatoms. The van der Waals surface area contributed by atoms with E-state index >= 15 is 0 Å². The highest BCUT2D eigenvalue weighted by Gasteiger charge is 2.10. The van der Waals surface area contributed by atoms with Crippen molar-refractivity contribution in [1.29, 1.82) is 0 Å². The predicted octanol–water partition coefficient (Wildman–Crippen LogP) is 4.47. The van der Waals surface area contributed by atoms with Gasteiger partial charge in [0.1, 0.15) is 18.0 Å². The van der Waals surface area contributed by atoms with E-state index in [1.807, 2.05) is 41.9 Å². The van der Waals surface area contributed by atoms with Crippen LogP contribution in [0.2, 0.25) is 0 Å². The van der Waals surface area contributed by atoms with Crippen molar-refractivity contribution in [3.05, 3.63) is 70.2 Å².